The first-order chi connectivity index (χ1) is 8.65. The van der Waals surface area contributed by atoms with Crippen molar-refractivity contribution in [1.29, 1.82) is 0 Å². The van der Waals surface area contributed by atoms with Crippen LogP contribution in [0.25, 0.3) is 0 Å². The van der Waals surface area contributed by atoms with Crippen molar-refractivity contribution in [1.82, 2.24) is 0 Å². The summed E-state index contributed by atoms with van der Waals surface area (Å²) in [6.07, 6.45) is 2.18. The lowest BCUT2D eigenvalue weighted by Crippen LogP contribution is -2.35. The zero-order valence-corrected chi connectivity index (χ0v) is 10.9. The number of nitrogens with two attached hydrogens (primary N) is 1. The number of carbonyl (C=O) groups excluding carboxylic acids is 1. The molecule has 1 unspecified atom stereocenters. The van der Waals surface area contributed by atoms with Crippen molar-refractivity contribution in [3.8, 4) is 5.75 Å². The molecule has 0 saturated carbocycles. The van der Waals surface area contributed by atoms with Gasteiger partial charge in [0.05, 0.1) is 20.6 Å². The summed E-state index contributed by atoms with van der Waals surface area (Å²) in [7, 11) is 3.05. The second-order valence-electron chi connectivity index (χ2n) is 4.76. The third kappa shape index (κ3) is 2.08. The Kier molecular flexibility index (Phi) is 3.57. The van der Waals surface area contributed by atoms with E-state index in [1.165, 1.54) is 12.7 Å². The summed E-state index contributed by atoms with van der Waals surface area (Å²) >= 11 is 0. The molecule has 1 aromatic carbocycles. The van der Waals surface area contributed by atoms with Crippen LogP contribution in [0.3, 0.4) is 0 Å². The molecule has 1 aliphatic carbocycles. The Labute approximate surface area is 107 Å². The highest BCUT2D eigenvalue weighted by Gasteiger charge is 2.40. The van der Waals surface area contributed by atoms with E-state index in [1.807, 2.05) is 12.1 Å². The lowest BCUT2D eigenvalue weighted by Gasteiger charge is -2.27. The summed E-state index contributed by atoms with van der Waals surface area (Å²) in [6, 6.07) is 6.00. The first-order valence-electron chi connectivity index (χ1n) is 6.09. The minimum absolute atomic E-state index is 0.212. The minimum Gasteiger partial charge on any atom is -0.497 e. The number of rotatable bonds is 4. The van der Waals surface area contributed by atoms with Gasteiger partial charge in [-0.3, -0.25) is 4.79 Å². The highest BCUT2D eigenvalue weighted by atomic mass is 16.5. The van der Waals surface area contributed by atoms with Gasteiger partial charge < -0.3 is 15.2 Å². The van der Waals surface area contributed by atoms with Crippen molar-refractivity contribution >= 4 is 5.97 Å². The predicted molar refractivity (Wildman–Crippen MR) is 68.7 cm³/mol. The van der Waals surface area contributed by atoms with Gasteiger partial charge in [0.2, 0.25) is 0 Å². The second kappa shape index (κ2) is 4.98. The largest absolute Gasteiger partial charge is 0.497 e. The normalized spacial score (nSPS) is 21.5. The third-order valence-electron chi connectivity index (χ3n) is 3.86. The highest BCUT2D eigenvalue weighted by Crippen LogP contribution is 2.42. The average molecular weight is 249 g/mol. The zero-order valence-electron chi connectivity index (χ0n) is 10.9. The Hall–Kier alpha value is -1.55. The van der Waals surface area contributed by atoms with Crippen LogP contribution in [0.15, 0.2) is 18.2 Å². The van der Waals surface area contributed by atoms with Crippen LogP contribution in [0.4, 0.5) is 0 Å². The summed E-state index contributed by atoms with van der Waals surface area (Å²) in [5, 5.41) is 0. The molecule has 0 saturated heterocycles. The van der Waals surface area contributed by atoms with Crippen molar-refractivity contribution < 1.29 is 14.3 Å². The van der Waals surface area contributed by atoms with Crippen molar-refractivity contribution in [2.45, 2.75) is 24.7 Å². The van der Waals surface area contributed by atoms with Crippen LogP contribution in [-0.2, 0) is 21.4 Å². The maximum Gasteiger partial charge on any atom is 0.306 e. The summed E-state index contributed by atoms with van der Waals surface area (Å²) in [5.41, 5.74) is 8.02. The molecule has 0 bridgehead atoms. The third-order valence-corrected chi connectivity index (χ3v) is 3.86. The fraction of sp³-hybridized carbons (Fsp3) is 0.500. The Bertz CT molecular complexity index is 458. The van der Waals surface area contributed by atoms with Crippen molar-refractivity contribution in [2.75, 3.05) is 20.8 Å². The SMILES string of the molecule is COC(=O)CC1(CN)CCc2ccc(OC)cc21. The highest BCUT2D eigenvalue weighted by molar-refractivity contribution is 5.72. The molecule has 4 nitrogen and oxygen atoms in total. The van der Waals surface area contributed by atoms with Gasteiger partial charge in [0.15, 0.2) is 0 Å². The summed E-state index contributed by atoms with van der Waals surface area (Å²) < 4.78 is 10.0. The van der Waals surface area contributed by atoms with E-state index in [4.69, 9.17) is 15.2 Å². The van der Waals surface area contributed by atoms with Gasteiger partial charge in [0.25, 0.3) is 0 Å². The fourth-order valence-corrected chi connectivity index (χ4v) is 2.72. The van der Waals surface area contributed by atoms with Crippen LogP contribution < -0.4 is 10.5 Å². The Morgan fingerprint density at radius 3 is 2.83 bits per heavy atom. The van der Waals surface area contributed by atoms with Crippen LogP contribution >= 0.6 is 0 Å². The van der Waals surface area contributed by atoms with Gasteiger partial charge in [-0.15, -0.1) is 0 Å². The van der Waals surface area contributed by atoms with E-state index >= 15 is 0 Å². The number of aryl methyl sites for hydroxylation is 1. The first kappa shape index (κ1) is 12.9. The lowest BCUT2D eigenvalue weighted by atomic mass is 9.79. The van der Waals surface area contributed by atoms with Gasteiger partial charge in [-0.25, -0.2) is 0 Å². The van der Waals surface area contributed by atoms with E-state index in [-0.39, 0.29) is 11.4 Å². The van der Waals surface area contributed by atoms with Crippen LogP contribution in [0.5, 0.6) is 5.75 Å². The minimum atomic E-state index is -0.295. The molecular weight excluding hydrogens is 230 g/mol. The molecule has 98 valence electrons. The van der Waals surface area contributed by atoms with Gasteiger partial charge in [0, 0.05) is 12.0 Å². The van der Waals surface area contributed by atoms with Crippen molar-refractivity contribution in [3.63, 3.8) is 0 Å². The summed E-state index contributed by atoms with van der Waals surface area (Å²) in [4.78, 5) is 11.6. The number of fused-ring (bicyclic) bond motifs is 1. The molecule has 2 N–H and O–H groups in total. The molecule has 0 heterocycles. The summed E-state index contributed by atoms with van der Waals surface area (Å²) in [6.45, 7) is 0.447. The van der Waals surface area contributed by atoms with E-state index in [0.29, 0.717) is 13.0 Å². The molecule has 0 aromatic heterocycles. The molecule has 0 amide bonds. The molecule has 0 aliphatic heterocycles. The van der Waals surface area contributed by atoms with E-state index in [1.54, 1.807) is 7.11 Å². The van der Waals surface area contributed by atoms with Gasteiger partial charge in [-0.1, -0.05) is 6.07 Å². The van der Waals surface area contributed by atoms with Crippen LogP contribution in [0, 0.1) is 0 Å². The molecular formula is C14H19NO3. The van der Waals surface area contributed by atoms with E-state index in [0.717, 1.165) is 24.2 Å². The fourth-order valence-electron chi connectivity index (χ4n) is 2.72. The van der Waals surface area contributed by atoms with E-state index in [2.05, 4.69) is 6.07 Å². The average Bonchev–Trinajstić information content (AvgIpc) is 2.77. The Balaban J connectivity index is 2.39. The maximum atomic E-state index is 11.6. The number of carbonyl (C=O) groups is 1. The zero-order chi connectivity index (χ0) is 13.2. The predicted octanol–water partition coefficient (Wildman–Crippen LogP) is 1.40. The molecule has 1 aromatic rings. The maximum absolute atomic E-state index is 11.6. The van der Waals surface area contributed by atoms with Crippen LogP contribution in [0.2, 0.25) is 0 Å². The van der Waals surface area contributed by atoms with Gasteiger partial charge >= 0.3 is 5.97 Å². The monoisotopic (exact) mass is 249 g/mol. The molecule has 2 rings (SSSR count). The standard InChI is InChI=1S/C14H19NO3/c1-17-11-4-3-10-5-6-14(9-15,12(10)7-11)8-13(16)18-2/h3-4,7H,5-6,8-9,15H2,1-2H3. The molecule has 0 spiro atoms. The number of ether oxygens (including phenoxy) is 2. The second-order valence-corrected chi connectivity index (χ2v) is 4.76. The first-order valence-corrected chi connectivity index (χ1v) is 6.09. The van der Waals surface area contributed by atoms with Gasteiger partial charge in [0.1, 0.15) is 5.75 Å². The number of methoxy groups -OCH3 is 2. The molecule has 1 aliphatic rings. The molecule has 4 heteroatoms. The quantitative estimate of drug-likeness (QED) is 0.819. The topological polar surface area (TPSA) is 61.5 Å². The summed E-state index contributed by atoms with van der Waals surface area (Å²) in [5.74, 6) is 0.592. The van der Waals surface area contributed by atoms with Crippen LogP contribution in [-0.4, -0.2) is 26.7 Å². The Morgan fingerprint density at radius 1 is 1.44 bits per heavy atom. The van der Waals surface area contributed by atoms with Gasteiger partial charge in [-0.2, -0.15) is 0 Å². The number of esters is 1. The van der Waals surface area contributed by atoms with E-state index < -0.39 is 0 Å². The van der Waals surface area contributed by atoms with Gasteiger partial charge in [-0.05, 0) is 36.1 Å². The van der Waals surface area contributed by atoms with Crippen molar-refractivity contribution in [3.05, 3.63) is 29.3 Å². The number of hydrogen-bond acceptors (Lipinski definition) is 4. The lowest BCUT2D eigenvalue weighted by molar-refractivity contribution is -0.142. The van der Waals surface area contributed by atoms with Crippen LogP contribution in [0.1, 0.15) is 24.0 Å². The Morgan fingerprint density at radius 2 is 2.22 bits per heavy atom. The molecule has 18 heavy (non-hydrogen) atoms. The van der Waals surface area contributed by atoms with E-state index in [9.17, 15) is 4.79 Å². The number of benzene rings is 1. The smallest absolute Gasteiger partial charge is 0.306 e. The van der Waals surface area contributed by atoms with Crippen molar-refractivity contribution in [2.24, 2.45) is 5.73 Å². The number of hydrogen-bond donors (Lipinski definition) is 1. The molecule has 1 atom stereocenters. The molecule has 0 fully saturated rings. The molecule has 0 radical (unpaired) electrons.